The number of hydrogen-bond donors (Lipinski definition) is 2. The summed E-state index contributed by atoms with van der Waals surface area (Å²) in [6.45, 7) is 2.19. The summed E-state index contributed by atoms with van der Waals surface area (Å²) >= 11 is 0. The summed E-state index contributed by atoms with van der Waals surface area (Å²) in [5, 5.41) is 6.21. The lowest BCUT2D eigenvalue weighted by molar-refractivity contribution is -0.126. The minimum Gasteiger partial charge on any atom is -0.371 e. The minimum atomic E-state index is -3.07. The van der Waals surface area contributed by atoms with Crippen LogP contribution in [0.5, 0.6) is 0 Å². The molecule has 1 amide bonds. The molecule has 1 saturated carbocycles. The van der Waals surface area contributed by atoms with Crippen molar-refractivity contribution >= 4 is 21.4 Å². The summed E-state index contributed by atoms with van der Waals surface area (Å²) in [6.07, 6.45) is 5.85. The number of anilines is 1. The van der Waals surface area contributed by atoms with E-state index in [1.165, 1.54) is 11.8 Å². The van der Waals surface area contributed by atoms with Gasteiger partial charge in [-0.05, 0) is 31.9 Å². The zero-order chi connectivity index (χ0) is 16.9. The fourth-order valence-electron chi connectivity index (χ4n) is 3.00. The van der Waals surface area contributed by atoms with Gasteiger partial charge >= 0.3 is 0 Å². The van der Waals surface area contributed by atoms with Crippen LogP contribution in [0.4, 0.5) is 5.69 Å². The van der Waals surface area contributed by atoms with E-state index < -0.39 is 15.4 Å². The van der Waals surface area contributed by atoms with Gasteiger partial charge in [-0.2, -0.15) is 0 Å². The Morgan fingerprint density at radius 2 is 1.74 bits per heavy atom. The van der Waals surface area contributed by atoms with Crippen molar-refractivity contribution in [1.82, 2.24) is 5.32 Å². The Kier molecular flexibility index (Phi) is 5.68. The lowest BCUT2D eigenvalue weighted by atomic mass is 9.80. The molecule has 0 heterocycles. The van der Waals surface area contributed by atoms with Crippen LogP contribution < -0.4 is 10.6 Å². The first kappa shape index (κ1) is 17.8. The Bertz CT molecular complexity index is 632. The second-order valence-corrected chi connectivity index (χ2v) is 8.78. The molecule has 0 atom stereocenters. The maximum Gasteiger partial charge on any atom is 0.245 e. The van der Waals surface area contributed by atoms with Gasteiger partial charge < -0.3 is 10.6 Å². The van der Waals surface area contributed by atoms with Crippen molar-refractivity contribution in [3.8, 4) is 0 Å². The Morgan fingerprint density at radius 3 is 2.30 bits per heavy atom. The predicted octanol–water partition coefficient (Wildman–Crippen LogP) is 2.27. The van der Waals surface area contributed by atoms with Crippen LogP contribution >= 0.6 is 0 Å². The van der Waals surface area contributed by atoms with Crippen LogP contribution in [-0.4, -0.2) is 38.4 Å². The Balaban J connectivity index is 2.08. The van der Waals surface area contributed by atoms with Gasteiger partial charge in [-0.15, -0.1) is 0 Å². The first-order chi connectivity index (χ1) is 10.8. The highest BCUT2D eigenvalue weighted by Gasteiger charge is 2.39. The van der Waals surface area contributed by atoms with Crippen LogP contribution in [-0.2, 0) is 14.6 Å². The number of hydrogen-bond acceptors (Lipinski definition) is 4. The van der Waals surface area contributed by atoms with Crippen LogP contribution in [0.25, 0.3) is 0 Å². The second kappa shape index (κ2) is 7.34. The van der Waals surface area contributed by atoms with Gasteiger partial charge in [0.05, 0.1) is 5.75 Å². The van der Waals surface area contributed by atoms with Crippen molar-refractivity contribution in [2.24, 2.45) is 0 Å². The van der Waals surface area contributed by atoms with Crippen LogP contribution in [0.3, 0.4) is 0 Å². The van der Waals surface area contributed by atoms with Crippen molar-refractivity contribution in [2.45, 2.75) is 44.6 Å². The van der Waals surface area contributed by atoms with E-state index in [0.717, 1.165) is 37.8 Å². The molecule has 0 unspecified atom stereocenters. The van der Waals surface area contributed by atoms with Crippen LogP contribution in [0, 0.1) is 6.92 Å². The van der Waals surface area contributed by atoms with Gasteiger partial charge in [0.2, 0.25) is 5.91 Å². The highest BCUT2D eigenvalue weighted by atomic mass is 32.2. The van der Waals surface area contributed by atoms with E-state index in [-0.39, 0.29) is 18.2 Å². The summed E-state index contributed by atoms with van der Waals surface area (Å²) in [5.74, 6) is -0.124. The number of benzene rings is 1. The summed E-state index contributed by atoms with van der Waals surface area (Å²) in [6, 6.07) is 7.99. The number of nitrogens with one attached hydrogen (secondary N) is 2. The van der Waals surface area contributed by atoms with Gasteiger partial charge in [0.1, 0.15) is 15.4 Å². The lowest BCUT2D eigenvalue weighted by Crippen LogP contribution is -2.54. The number of amides is 1. The van der Waals surface area contributed by atoms with Crippen molar-refractivity contribution in [2.75, 3.05) is 23.9 Å². The molecule has 0 spiro atoms. The van der Waals surface area contributed by atoms with Crippen molar-refractivity contribution in [1.29, 1.82) is 0 Å². The van der Waals surface area contributed by atoms with Crippen LogP contribution in [0.2, 0.25) is 0 Å². The van der Waals surface area contributed by atoms with Crippen LogP contribution in [0.15, 0.2) is 24.3 Å². The molecule has 1 aliphatic rings. The molecule has 0 radical (unpaired) electrons. The summed E-state index contributed by atoms with van der Waals surface area (Å²) < 4.78 is 22.4. The summed E-state index contributed by atoms with van der Waals surface area (Å²) in [7, 11) is -3.07. The molecule has 23 heavy (non-hydrogen) atoms. The zero-order valence-electron chi connectivity index (χ0n) is 13.9. The molecule has 128 valence electrons. The van der Waals surface area contributed by atoms with Gasteiger partial charge in [0, 0.05) is 18.5 Å². The van der Waals surface area contributed by atoms with Gasteiger partial charge in [-0.3, -0.25) is 4.79 Å². The van der Waals surface area contributed by atoms with E-state index >= 15 is 0 Å². The topological polar surface area (TPSA) is 75.3 Å². The molecule has 1 aliphatic carbocycles. The first-order valence-electron chi connectivity index (χ1n) is 8.12. The second-order valence-electron chi connectivity index (χ2n) is 6.52. The number of aryl methyl sites for hydroxylation is 1. The molecule has 0 aromatic heterocycles. The average molecular weight is 338 g/mol. The van der Waals surface area contributed by atoms with Crippen LogP contribution in [0.1, 0.15) is 37.7 Å². The van der Waals surface area contributed by atoms with Crippen molar-refractivity contribution < 1.29 is 13.2 Å². The molecule has 0 saturated heterocycles. The molecule has 5 nitrogen and oxygen atoms in total. The van der Waals surface area contributed by atoms with Gasteiger partial charge in [-0.1, -0.05) is 37.0 Å². The normalized spacial score (nSPS) is 17.5. The fourth-order valence-corrected chi connectivity index (χ4v) is 3.47. The largest absolute Gasteiger partial charge is 0.371 e. The predicted molar refractivity (Wildman–Crippen MR) is 93.3 cm³/mol. The number of carbonyl (C=O) groups is 1. The minimum absolute atomic E-state index is 0.0284. The third kappa shape index (κ3) is 5.23. The molecule has 2 N–H and O–H groups in total. The monoisotopic (exact) mass is 338 g/mol. The summed E-state index contributed by atoms with van der Waals surface area (Å²) in [4.78, 5) is 12.7. The van der Waals surface area contributed by atoms with E-state index in [1.807, 2.05) is 31.2 Å². The first-order valence-corrected chi connectivity index (χ1v) is 10.2. The van der Waals surface area contributed by atoms with Gasteiger partial charge in [0.25, 0.3) is 0 Å². The van der Waals surface area contributed by atoms with E-state index in [1.54, 1.807) is 0 Å². The highest BCUT2D eigenvalue weighted by Crippen LogP contribution is 2.32. The third-order valence-electron chi connectivity index (χ3n) is 4.34. The SMILES string of the molecule is Cc1ccc(NC2(C(=O)NCCS(C)(=O)=O)CCCCC2)cc1. The zero-order valence-corrected chi connectivity index (χ0v) is 14.7. The maximum atomic E-state index is 12.7. The smallest absolute Gasteiger partial charge is 0.245 e. The lowest BCUT2D eigenvalue weighted by Gasteiger charge is -2.37. The van der Waals surface area contributed by atoms with E-state index in [4.69, 9.17) is 0 Å². The fraction of sp³-hybridized carbons (Fsp3) is 0.588. The number of carbonyl (C=O) groups excluding carboxylic acids is 1. The third-order valence-corrected chi connectivity index (χ3v) is 5.28. The molecule has 6 heteroatoms. The molecule has 1 fully saturated rings. The van der Waals surface area contributed by atoms with Crippen molar-refractivity contribution in [3.63, 3.8) is 0 Å². The summed E-state index contributed by atoms with van der Waals surface area (Å²) in [5.41, 5.74) is 1.46. The Labute approximate surface area is 138 Å². The number of sulfone groups is 1. The van der Waals surface area contributed by atoms with E-state index in [0.29, 0.717) is 0 Å². The van der Waals surface area contributed by atoms with Gasteiger partial charge in [-0.25, -0.2) is 8.42 Å². The Hall–Kier alpha value is -1.56. The van der Waals surface area contributed by atoms with E-state index in [2.05, 4.69) is 10.6 Å². The number of rotatable bonds is 6. The highest BCUT2D eigenvalue weighted by molar-refractivity contribution is 7.90. The van der Waals surface area contributed by atoms with Gasteiger partial charge in [0.15, 0.2) is 0 Å². The molecular weight excluding hydrogens is 312 g/mol. The molecule has 2 rings (SSSR count). The quantitative estimate of drug-likeness (QED) is 0.834. The Morgan fingerprint density at radius 1 is 1.13 bits per heavy atom. The standard InChI is InChI=1S/C17H26N2O3S/c1-14-6-8-15(9-7-14)19-17(10-4-3-5-11-17)16(20)18-12-13-23(2,21)22/h6-9,19H,3-5,10-13H2,1-2H3,(H,18,20). The van der Waals surface area contributed by atoms with Crippen molar-refractivity contribution in [3.05, 3.63) is 29.8 Å². The average Bonchev–Trinajstić information content (AvgIpc) is 2.49. The molecule has 0 bridgehead atoms. The van der Waals surface area contributed by atoms with E-state index in [9.17, 15) is 13.2 Å². The molecule has 1 aromatic carbocycles. The molecule has 0 aliphatic heterocycles. The molecular formula is C17H26N2O3S. The molecule has 1 aromatic rings. The maximum absolute atomic E-state index is 12.7.